The number of hydrogen-bond donors (Lipinski definition) is 2. The predicted octanol–water partition coefficient (Wildman–Crippen LogP) is 3.10. The molecule has 0 heterocycles. The van der Waals surface area contributed by atoms with E-state index >= 15 is 0 Å². The molecule has 118 valence electrons. The minimum Gasteiger partial charge on any atom is -0.488 e. The Morgan fingerprint density at radius 2 is 1.68 bits per heavy atom. The van der Waals surface area contributed by atoms with Crippen LogP contribution in [-0.2, 0) is 13.2 Å². The van der Waals surface area contributed by atoms with Gasteiger partial charge in [0.25, 0.3) is 0 Å². The lowest BCUT2D eigenvalue weighted by Crippen LogP contribution is -2.19. The van der Waals surface area contributed by atoms with Gasteiger partial charge in [0.05, 0.1) is 0 Å². The molecule has 2 aromatic rings. The van der Waals surface area contributed by atoms with Crippen LogP contribution < -0.4 is 15.4 Å². The second kappa shape index (κ2) is 9.18. The maximum Gasteiger partial charge on any atom is 0.129 e. The van der Waals surface area contributed by atoms with E-state index in [1.807, 2.05) is 37.4 Å². The van der Waals surface area contributed by atoms with E-state index in [2.05, 4.69) is 10.6 Å². The lowest BCUT2D eigenvalue weighted by molar-refractivity contribution is 0.296. The summed E-state index contributed by atoms with van der Waals surface area (Å²) in [4.78, 5) is 0. The summed E-state index contributed by atoms with van der Waals surface area (Å²) in [6.07, 6.45) is 1.08. The Kier molecular flexibility index (Phi) is 6.87. The zero-order valence-corrected chi connectivity index (χ0v) is 12.9. The lowest BCUT2D eigenvalue weighted by atomic mass is 10.2. The lowest BCUT2D eigenvalue weighted by Gasteiger charge is -2.12. The second-order valence-electron chi connectivity index (χ2n) is 5.12. The second-order valence-corrected chi connectivity index (χ2v) is 5.12. The Morgan fingerprint density at radius 1 is 0.955 bits per heavy atom. The van der Waals surface area contributed by atoms with Crippen LogP contribution in [0.15, 0.2) is 48.5 Å². The van der Waals surface area contributed by atoms with Gasteiger partial charge < -0.3 is 15.4 Å². The molecule has 22 heavy (non-hydrogen) atoms. The average molecular weight is 302 g/mol. The van der Waals surface area contributed by atoms with E-state index in [4.69, 9.17) is 4.74 Å². The number of benzene rings is 2. The van der Waals surface area contributed by atoms with Gasteiger partial charge in [-0.3, -0.25) is 0 Å². The highest BCUT2D eigenvalue weighted by Crippen LogP contribution is 2.20. The van der Waals surface area contributed by atoms with E-state index in [-0.39, 0.29) is 12.4 Å². The molecule has 0 unspecified atom stereocenters. The summed E-state index contributed by atoms with van der Waals surface area (Å²) in [5, 5.41) is 6.51. The maximum absolute atomic E-state index is 13.6. The van der Waals surface area contributed by atoms with Crippen molar-refractivity contribution in [3.63, 3.8) is 0 Å². The van der Waals surface area contributed by atoms with E-state index in [1.165, 1.54) is 6.07 Å². The van der Waals surface area contributed by atoms with Crippen molar-refractivity contribution in [2.45, 2.75) is 19.6 Å². The van der Waals surface area contributed by atoms with Crippen LogP contribution in [0.1, 0.15) is 17.5 Å². The number of ether oxygens (including phenoxy) is 1. The monoisotopic (exact) mass is 302 g/mol. The molecular weight excluding hydrogens is 279 g/mol. The van der Waals surface area contributed by atoms with Gasteiger partial charge in [0.1, 0.15) is 18.2 Å². The Labute approximate surface area is 131 Å². The van der Waals surface area contributed by atoms with Gasteiger partial charge in [-0.1, -0.05) is 36.4 Å². The first-order valence-electron chi connectivity index (χ1n) is 7.60. The number of halogens is 1. The van der Waals surface area contributed by atoms with Crippen LogP contribution in [0, 0.1) is 5.82 Å². The molecule has 0 saturated heterocycles. The molecule has 0 aromatic heterocycles. The molecule has 0 aliphatic heterocycles. The van der Waals surface area contributed by atoms with Crippen LogP contribution in [0.5, 0.6) is 5.75 Å². The van der Waals surface area contributed by atoms with Crippen LogP contribution in [0.25, 0.3) is 0 Å². The fraction of sp³-hybridized carbons (Fsp3) is 0.333. The zero-order valence-electron chi connectivity index (χ0n) is 12.9. The molecule has 0 amide bonds. The SMILES string of the molecule is CNCCCNCc1ccccc1OCc1ccccc1F. The minimum atomic E-state index is -0.231. The van der Waals surface area contributed by atoms with Gasteiger partial charge in [-0.25, -0.2) is 4.39 Å². The van der Waals surface area contributed by atoms with Gasteiger partial charge in [-0.2, -0.15) is 0 Å². The molecule has 0 aliphatic carbocycles. The maximum atomic E-state index is 13.6. The Balaban J connectivity index is 1.89. The van der Waals surface area contributed by atoms with Crippen LogP contribution in [-0.4, -0.2) is 20.1 Å². The fourth-order valence-corrected chi connectivity index (χ4v) is 2.17. The number of nitrogens with one attached hydrogen (secondary N) is 2. The highest BCUT2D eigenvalue weighted by atomic mass is 19.1. The van der Waals surface area contributed by atoms with Gasteiger partial charge in [-0.15, -0.1) is 0 Å². The fourth-order valence-electron chi connectivity index (χ4n) is 2.17. The van der Waals surface area contributed by atoms with Gasteiger partial charge in [0, 0.05) is 17.7 Å². The van der Waals surface area contributed by atoms with Gasteiger partial charge in [0.15, 0.2) is 0 Å². The first kappa shape index (κ1) is 16.5. The van der Waals surface area contributed by atoms with E-state index < -0.39 is 0 Å². The molecule has 2 rings (SSSR count). The largest absolute Gasteiger partial charge is 0.488 e. The van der Waals surface area contributed by atoms with E-state index in [1.54, 1.807) is 12.1 Å². The molecule has 0 bridgehead atoms. The van der Waals surface area contributed by atoms with Crippen LogP contribution >= 0.6 is 0 Å². The summed E-state index contributed by atoms with van der Waals surface area (Å²) < 4.78 is 19.4. The third-order valence-corrected chi connectivity index (χ3v) is 3.41. The number of rotatable bonds is 9. The smallest absolute Gasteiger partial charge is 0.129 e. The van der Waals surface area contributed by atoms with Crippen LogP contribution in [0.4, 0.5) is 4.39 Å². The first-order valence-corrected chi connectivity index (χ1v) is 7.60. The van der Waals surface area contributed by atoms with Crippen molar-refractivity contribution < 1.29 is 9.13 Å². The third-order valence-electron chi connectivity index (χ3n) is 3.41. The molecular formula is C18H23FN2O. The van der Waals surface area contributed by atoms with Crippen molar-refractivity contribution in [3.05, 3.63) is 65.5 Å². The van der Waals surface area contributed by atoms with Crippen molar-refractivity contribution >= 4 is 0 Å². The molecule has 2 aromatic carbocycles. The summed E-state index contributed by atoms with van der Waals surface area (Å²) >= 11 is 0. The molecule has 0 radical (unpaired) electrons. The molecule has 4 heteroatoms. The summed E-state index contributed by atoms with van der Waals surface area (Å²) in [5.41, 5.74) is 1.66. The zero-order chi connectivity index (χ0) is 15.6. The van der Waals surface area contributed by atoms with Crippen LogP contribution in [0.2, 0.25) is 0 Å². The average Bonchev–Trinajstić information content (AvgIpc) is 2.55. The van der Waals surface area contributed by atoms with Crippen molar-refractivity contribution in [1.82, 2.24) is 10.6 Å². The summed E-state index contributed by atoms with van der Waals surface area (Å²) in [6, 6.07) is 14.6. The summed E-state index contributed by atoms with van der Waals surface area (Å²) in [7, 11) is 1.95. The van der Waals surface area contributed by atoms with Gasteiger partial charge in [0.2, 0.25) is 0 Å². The highest BCUT2D eigenvalue weighted by molar-refractivity contribution is 5.33. The molecule has 3 nitrogen and oxygen atoms in total. The third kappa shape index (κ3) is 5.13. The normalized spacial score (nSPS) is 10.6. The van der Waals surface area contributed by atoms with Crippen LogP contribution in [0.3, 0.4) is 0 Å². The predicted molar refractivity (Wildman–Crippen MR) is 87.4 cm³/mol. The molecule has 0 fully saturated rings. The van der Waals surface area contributed by atoms with E-state index in [9.17, 15) is 4.39 Å². The van der Waals surface area contributed by atoms with E-state index in [0.717, 1.165) is 37.4 Å². The molecule has 0 spiro atoms. The Morgan fingerprint density at radius 3 is 2.45 bits per heavy atom. The number of para-hydroxylation sites is 1. The molecule has 0 atom stereocenters. The quantitative estimate of drug-likeness (QED) is 0.698. The van der Waals surface area contributed by atoms with Crippen molar-refractivity contribution in [1.29, 1.82) is 0 Å². The number of hydrogen-bond acceptors (Lipinski definition) is 3. The summed E-state index contributed by atoms with van der Waals surface area (Å²) in [6.45, 7) is 2.93. The minimum absolute atomic E-state index is 0.231. The first-order chi connectivity index (χ1) is 10.8. The van der Waals surface area contributed by atoms with Crippen molar-refractivity contribution in [2.24, 2.45) is 0 Å². The van der Waals surface area contributed by atoms with Gasteiger partial charge >= 0.3 is 0 Å². The topological polar surface area (TPSA) is 33.3 Å². The molecule has 0 saturated carbocycles. The molecule has 0 aliphatic rings. The van der Waals surface area contributed by atoms with Crippen molar-refractivity contribution in [3.8, 4) is 5.75 Å². The van der Waals surface area contributed by atoms with Crippen molar-refractivity contribution in [2.75, 3.05) is 20.1 Å². The highest BCUT2D eigenvalue weighted by Gasteiger charge is 2.05. The molecule has 2 N–H and O–H groups in total. The Hall–Kier alpha value is -1.91. The van der Waals surface area contributed by atoms with E-state index in [0.29, 0.717) is 5.56 Å². The Bertz CT molecular complexity index is 575. The summed E-state index contributed by atoms with van der Waals surface area (Å²) in [5.74, 6) is 0.567. The standard InChI is InChI=1S/C18H23FN2O/c1-20-11-6-12-21-13-15-7-3-5-10-18(15)22-14-16-8-2-4-9-17(16)19/h2-5,7-10,20-21H,6,11-14H2,1H3. The van der Waals surface area contributed by atoms with Gasteiger partial charge in [-0.05, 0) is 38.7 Å².